The van der Waals surface area contributed by atoms with Crippen LogP contribution < -0.4 is 4.90 Å². The molecule has 0 bridgehead atoms. The van der Waals surface area contributed by atoms with Crippen LogP contribution in [0, 0.1) is 19.7 Å². The molecule has 1 saturated heterocycles. The normalized spacial score (nSPS) is 15.8. The van der Waals surface area contributed by atoms with Crippen LogP contribution in [0.3, 0.4) is 0 Å². The van der Waals surface area contributed by atoms with E-state index in [0.717, 1.165) is 21.3 Å². The molecule has 5 rings (SSSR count). The summed E-state index contributed by atoms with van der Waals surface area (Å²) in [5.74, 6) is -0.728. The van der Waals surface area contributed by atoms with E-state index >= 15 is 4.39 Å². The Morgan fingerprint density at radius 3 is 2.62 bits per heavy atom. The van der Waals surface area contributed by atoms with Crippen LogP contribution in [0.5, 0.6) is 0 Å². The number of carbonyl (C=O) groups excluding carboxylic acids is 2. The van der Waals surface area contributed by atoms with E-state index in [9.17, 15) is 9.59 Å². The molecule has 3 heterocycles. The third kappa shape index (κ3) is 5.67. The first kappa shape index (κ1) is 27.6. The fourth-order valence-electron chi connectivity index (χ4n) is 5.03. The number of benzene rings is 2. The molecule has 2 aromatic heterocycles. The minimum atomic E-state index is -0.655. The zero-order valence-electron chi connectivity index (χ0n) is 23.3. The fraction of sp³-hybridized carbons (Fsp3) is 0.367. The van der Waals surface area contributed by atoms with Crippen molar-refractivity contribution in [2.75, 3.05) is 18.0 Å². The van der Waals surface area contributed by atoms with Crippen LogP contribution in [0.15, 0.2) is 48.7 Å². The molecule has 0 saturated carbocycles. The first-order valence-corrected chi connectivity index (χ1v) is 14.1. The second kappa shape index (κ2) is 10.9. The predicted molar refractivity (Wildman–Crippen MR) is 154 cm³/mol. The minimum Gasteiger partial charge on any atom is -0.444 e. The van der Waals surface area contributed by atoms with E-state index in [1.54, 1.807) is 22.1 Å². The standard InChI is InChI=1S/C30H32FN5O3S/c1-18-8-6-9-20-13-14-32-26(25(18)20)36(22-10-7-15-35(17-22)29(38)39-30(3,4)5)28(37)23-12-11-21(16-24(23)31)27-34-33-19(2)40-27/h6,8-9,11-14,16,22H,7,10,15,17H2,1-5H3. The van der Waals surface area contributed by atoms with Gasteiger partial charge in [-0.3, -0.25) is 9.69 Å². The summed E-state index contributed by atoms with van der Waals surface area (Å²) in [5.41, 5.74) is 0.774. The van der Waals surface area contributed by atoms with Gasteiger partial charge in [0.05, 0.1) is 11.6 Å². The fourth-order valence-corrected chi connectivity index (χ4v) is 5.72. The number of ether oxygens (including phenoxy) is 1. The number of hydrogen-bond acceptors (Lipinski definition) is 7. The number of piperidine rings is 1. The summed E-state index contributed by atoms with van der Waals surface area (Å²) < 4.78 is 21.2. The highest BCUT2D eigenvalue weighted by atomic mass is 32.1. The Bertz CT molecular complexity index is 1580. The monoisotopic (exact) mass is 561 g/mol. The third-order valence-corrected chi connectivity index (χ3v) is 7.70. The van der Waals surface area contributed by atoms with Crippen LogP contribution in [0.1, 0.15) is 54.5 Å². The Morgan fingerprint density at radius 1 is 1.12 bits per heavy atom. The van der Waals surface area contributed by atoms with Gasteiger partial charge in [0.1, 0.15) is 27.3 Å². The molecule has 40 heavy (non-hydrogen) atoms. The van der Waals surface area contributed by atoms with Crippen molar-refractivity contribution >= 4 is 39.9 Å². The summed E-state index contributed by atoms with van der Waals surface area (Å²) in [5, 5.41) is 11.2. The molecule has 0 spiro atoms. The van der Waals surface area contributed by atoms with E-state index in [-0.39, 0.29) is 12.1 Å². The van der Waals surface area contributed by atoms with Gasteiger partial charge in [0.25, 0.3) is 5.91 Å². The number of aryl methyl sites for hydroxylation is 2. The van der Waals surface area contributed by atoms with Crippen LogP contribution in [-0.2, 0) is 4.74 Å². The zero-order chi connectivity index (χ0) is 28.6. The summed E-state index contributed by atoms with van der Waals surface area (Å²) >= 11 is 1.36. The van der Waals surface area contributed by atoms with Gasteiger partial charge in [-0.25, -0.2) is 14.2 Å². The Hall–Kier alpha value is -3.92. The van der Waals surface area contributed by atoms with E-state index in [1.807, 2.05) is 58.9 Å². The van der Waals surface area contributed by atoms with Gasteiger partial charge in [0.15, 0.2) is 0 Å². The molecule has 0 radical (unpaired) electrons. The van der Waals surface area contributed by atoms with Gasteiger partial charge in [0.2, 0.25) is 0 Å². The molecule has 8 nitrogen and oxygen atoms in total. The van der Waals surface area contributed by atoms with E-state index in [4.69, 9.17) is 4.74 Å². The smallest absolute Gasteiger partial charge is 0.410 e. The van der Waals surface area contributed by atoms with Crippen molar-refractivity contribution in [3.05, 3.63) is 70.6 Å². The molecule has 1 aliphatic heterocycles. The summed E-state index contributed by atoms with van der Waals surface area (Å²) in [6.45, 7) is 10.0. The quantitative estimate of drug-likeness (QED) is 0.281. The number of rotatable bonds is 4. The lowest BCUT2D eigenvalue weighted by molar-refractivity contribution is 0.0196. The minimum absolute atomic E-state index is 0.0771. The van der Waals surface area contributed by atoms with E-state index in [2.05, 4.69) is 15.2 Å². The second-order valence-electron chi connectivity index (χ2n) is 11.0. The molecular weight excluding hydrogens is 529 g/mol. The number of halogens is 1. The van der Waals surface area contributed by atoms with Gasteiger partial charge in [-0.15, -0.1) is 10.2 Å². The topological polar surface area (TPSA) is 88.5 Å². The average Bonchev–Trinajstić information content (AvgIpc) is 3.34. The van der Waals surface area contributed by atoms with Crippen molar-refractivity contribution in [1.82, 2.24) is 20.1 Å². The van der Waals surface area contributed by atoms with Crippen molar-refractivity contribution in [2.45, 2.75) is 59.1 Å². The van der Waals surface area contributed by atoms with Gasteiger partial charge >= 0.3 is 6.09 Å². The molecule has 0 N–H and O–H groups in total. The summed E-state index contributed by atoms with van der Waals surface area (Å²) in [4.78, 5) is 35.1. The lowest BCUT2D eigenvalue weighted by Gasteiger charge is -2.39. The number of likely N-dealkylation sites (tertiary alicyclic amines) is 1. The molecule has 1 atom stereocenters. The number of hydrogen-bond donors (Lipinski definition) is 0. The van der Waals surface area contributed by atoms with Crippen LogP contribution in [-0.4, -0.2) is 56.8 Å². The van der Waals surface area contributed by atoms with E-state index < -0.39 is 29.5 Å². The molecule has 0 aliphatic carbocycles. The first-order valence-electron chi connectivity index (χ1n) is 13.3. The Morgan fingerprint density at radius 2 is 1.93 bits per heavy atom. The predicted octanol–water partition coefficient (Wildman–Crippen LogP) is 6.56. The van der Waals surface area contributed by atoms with E-state index in [1.165, 1.54) is 23.5 Å². The van der Waals surface area contributed by atoms with Gasteiger partial charge in [-0.2, -0.15) is 0 Å². The Kier molecular flexibility index (Phi) is 7.55. The van der Waals surface area contributed by atoms with E-state index in [0.29, 0.717) is 35.8 Å². The largest absolute Gasteiger partial charge is 0.444 e. The molecule has 1 fully saturated rings. The van der Waals surface area contributed by atoms with Crippen LogP contribution in [0.4, 0.5) is 15.0 Å². The highest BCUT2D eigenvalue weighted by Crippen LogP contribution is 2.33. The maximum absolute atomic E-state index is 15.6. The second-order valence-corrected chi connectivity index (χ2v) is 12.2. The number of amides is 2. The van der Waals surface area contributed by atoms with Crippen LogP contribution in [0.2, 0.25) is 0 Å². The molecule has 1 unspecified atom stereocenters. The number of fused-ring (bicyclic) bond motifs is 1. The lowest BCUT2D eigenvalue weighted by atomic mass is 10.00. The van der Waals surface area contributed by atoms with Crippen molar-refractivity contribution in [3.63, 3.8) is 0 Å². The molecule has 10 heteroatoms. The van der Waals surface area contributed by atoms with Gasteiger partial charge in [-0.05, 0) is 76.6 Å². The molecule has 208 valence electrons. The highest BCUT2D eigenvalue weighted by molar-refractivity contribution is 7.14. The number of anilines is 1. The Balaban J connectivity index is 1.57. The average molecular weight is 562 g/mol. The van der Waals surface area contributed by atoms with Crippen LogP contribution >= 0.6 is 11.3 Å². The lowest BCUT2D eigenvalue weighted by Crippen LogP contribution is -2.53. The van der Waals surface area contributed by atoms with Crippen LogP contribution in [0.25, 0.3) is 21.3 Å². The number of aromatic nitrogens is 3. The molecule has 1 aliphatic rings. The van der Waals surface area contributed by atoms with Gasteiger partial charge in [-0.1, -0.05) is 35.6 Å². The van der Waals surface area contributed by atoms with Gasteiger partial charge in [0, 0.05) is 30.2 Å². The molecule has 2 aromatic carbocycles. The Labute approximate surface area is 236 Å². The van der Waals surface area contributed by atoms with Gasteiger partial charge < -0.3 is 9.64 Å². The number of nitrogens with zero attached hydrogens (tertiary/aromatic N) is 5. The van der Waals surface area contributed by atoms with Crippen molar-refractivity contribution in [1.29, 1.82) is 0 Å². The van der Waals surface area contributed by atoms with Crippen molar-refractivity contribution < 1.29 is 18.7 Å². The van der Waals surface area contributed by atoms with Crippen molar-refractivity contribution in [2.24, 2.45) is 0 Å². The summed E-state index contributed by atoms with van der Waals surface area (Å²) in [6.07, 6.45) is 2.51. The maximum atomic E-state index is 15.6. The first-order chi connectivity index (χ1) is 19.0. The number of pyridine rings is 1. The molecule has 4 aromatic rings. The third-order valence-electron chi connectivity index (χ3n) is 6.81. The molecular formula is C30H32FN5O3S. The zero-order valence-corrected chi connectivity index (χ0v) is 24.1. The summed E-state index contributed by atoms with van der Waals surface area (Å²) in [7, 11) is 0. The molecule has 2 amide bonds. The summed E-state index contributed by atoms with van der Waals surface area (Å²) in [6, 6.07) is 11.8. The SMILES string of the molecule is Cc1nnc(-c2ccc(C(=O)N(c3nccc4cccc(C)c34)C3CCCN(C(=O)OC(C)(C)C)C3)c(F)c2)s1. The van der Waals surface area contributed by atoms with Crippen molar-refractivity contribution in [3.8, 4) is 10.6 Å². The highest BCUT2D eigenvalue weighted by Gasteiger charge is 2.36. The maximum Gasteiger partial charge on any atom is 0.410 e. The number of carbonyl (C=O) groups is 2.